The standard InChI is InChI=1S/C14H22BrN3OS/c1-16-13-12(9-11(15)10-18-13)14(19)17-7-5-3-4-6-8-20-2/h9-10H,3-8H2,1-2H3,(H,16,18)(H,17,19). The Labute approximate surface area is 133 Å². The number of pyridine rings is 1. The van der Waals surface area contributed by atoms with Crippen molar-refractivity contribution >= 4 is 39.4 Å². The van der Waals surface area contributed by atoms with E-state index in [2.05, 4.69) is 37.8 Å². The van der Waals surface area contributed by atoms with E-state index < -0.39 is 0 Å². The largest absolute Gasteiger partial charge is 0.372 e. The SMILES string of the molecule is CNc1ncc(Br)cc1C(=O)NCCCCCCSC. The zero-order valence-corrected chi connectivity index (χ0v) is 14.4. The molecule has 0 unspecified atom stereocenters. The van der Waals surface area contributed by atoms with E-state index in [4.69, 9.17) is 0 Å². The zero-order valence-electron chi connectivity index (χ0n) is 12.0. The van der Waals surface area contributed by atoms with Gasteiger partial charge in [-0.3, -0.25) is 4.79 Å². The highest BCUT2D eigenvalue weighted by Crippen LogP contribution is 2.17. The molecule has 0 saturated carbocycles. The van der Waals surface area contributed by atoms with Gasteiger partial charge in [0.15, 0.2) is 0 Å². The molecule has 1 amide bonds. The summed E-state index contributed by atoms with van der Waals surface area (Å²) < 4.78 is 0.804. The quantitative estimate of drug-likeness (QED) is 0.662. The maximum Gasteiger partial charge on any atom is 0.255 e. The maximum atomic E-state index is 12.1. The first kappa shape index (κ1) is 17.3. The Hall–Kier alpha value is -0.750. The number of anilines is 1. The number of hydrogen-bond donors (Lipinski definition) is 2. The van der Waals surface area contributed by atoms with Crippen LogP contribution in [0.3, 0.4) is 0 Å². The number of amides is 1. The van der Waals surface area contributed by atoms with Gasteiger partial charge in [0, 0.05) is 24.3 Å². The third-order valence-corrected chi connectivity index (χ3v) is 4.03. The summed E-state index contributed by atoms with van der Waals surface area (Å²) in [7, 11) is 1.76. The van der Waals surface area contributed by atoms with E-state index in [1.807, 2.05) is 11.8 Å². The maximum absolute atomic E-state index is 12.1. The number of aromatic nitrogens is 1. The summed E-state index contributed by atoms with van der Waals surface area (Å²) in [5, 5.41) is 5.88. The van der Waals surface area contributed by atoms with Gasteiger partial charge in [-0.15, -0.1) is 0 Å². The Balaban J connectivity index is 2.34. The van der Waals surface area contributed by atoms with Gasteiger partial charge in [-0.05, 0) is 46.8 Å². The zero-order chi connectivity index (χ0) is 14.8. The first-order valence-corrected chi connectivity index (χ1v) is 8.98. The lowest BCUT2D eigenvalue weighted by Crippen LogP contribution is -2.25. The van der Waals surface area contributed by atoms with Gasteiger partial charge in [-0.25, -0.2) is 4.98 Å². The molecule has 0 fully saturated rings. The van der Waals surface area contributed by atoms with Crippen molar-refractivity contribution < 1.29 is 4.79 Å². The van der Waals surface area contributed by atoms with Crippen molar-refractivity contribution in [3.05, 3.63) is 22.3 Å². The fourth-order valence-electron chi connectivity index (χ4n) is 1.83. The van der Waals surface area contributed by atoms with Gasteiger partial charge < -0.3 is 10.6 Å². The Bertz CT molecular complexity index is 429. The first-order chi connectivity index (χ1) is 9.69. The van der Waals surface area contributed by atoms with E-state index in [0.717, 1.165) is 17.3 Å². The van der Waals surface area contributed by atoms with Crippen LogP contribution in [0.4, 0.5) is 5.82 Å². The Kier molecular flexibility index (Phi) is 8.69. The second-order valence-corrected chi connectivity index (χ2v) is 6.36. The number of halogens is 1. The van der Waals surface area contributed by atoms with Gasteiger partial charge in [0.05, 0.1) is 5.56 Å². The van der Waals surface area contributed by atoms with Gasteiger partial charge in [0.1, 0.15) is 5.82 Å². The molecule has 1 aromatic rings. The number of rotatable bonds is 9. The minimum absolute atomic E-state index is 0.0766. The van der Waals surface area contributed by atoms with Crippen LogP contribution < -0.4 is 10.6 Å². The van der Waals surface area contributed by atoms with Crippen LogP contribution in [0.2, 0.25) is 0 Å². The van der Waals surface area contributed by atoms with Crippen LogP contribution in [0.15, 0.2) is 16.7 Å². The Morgan fingerprint density at radius 1 is 1.35 bits per heavy atom. The van der Waals surface area contributed by atoms with E-state index in [-0.39, 0.29) is 5.91 Å². The molecule has 1 aromatic heterocycles. The minimum Gasteiger partial charge on any atom is -0.372 e. The highest BCUT2D eigenvalue weighted by atomic mass is 79.9. The number of nitrogens with one attached hydrogen (secondary N) is 2. The molecule has 0 bridgehead atoms. The molecule has 0 spiro atoms. The minimum atomic E-state index is -0.0766. The molecular formula is C14H22BrN3OS. The van der Waals surface area contributed by atoms with Gasteiger partial charge in [-0.2, -0.15) is 11.8 Å². The van der Waals surface area contributed by atoms with E-state index in [1.54, 1.807) is 19.3 Å². The van der Waals surface area contributed by atoms with Crippen LogP contribution >= 0.6 is 27.7 Å². The van der Waals surface area contributed by atoms with Crippen LogP contribution in [0.25, 0.3) is 0 Å². The molecular weight excluding hydrogens is 338 g/mol. The number of unbranched alkanes of at least 4 members (excludes halogenated alkanes) is 3. The highest BCUT2D eigenvalue weighted by molar-refractivity contribution is 9.10. The number of thioether (sulfide) groups is 1. The molecule has 20 heavy (non-hydrogen) atoms. The molecule has 0 aromatic carbocycles. The molecule has 6 heteroatoms. The lowest BCUT2D eigenvalue weighted by Gasteiger charge is -2.09. The van der Waals surface area contributed by atoms with Crippen molar-refractivity contribution in [2.75, 3.05) is 30.9 Å². The van der Waals surface area contributed by atoms with Gasteiger partial charge >= 0.3 is 0 Å². The summed E-state index contributed by atoms with van der Waals surface area (Å²) in [6.45, 7) is 0.716. The van der Waals surface area contributed by atoms with E-state index in [0.29, 0.717) is 17.9 Å². The molecule has 0 atom stereocenters. The fourth-order valence-corrected chi connectivity index (χ4v) is 2.66. The number of nitrogens with zero attached hydrogens (tertiary/aromatic N) is 1. The Morgan fingerprint density at radius 3 is 2.80 bits per heavy atom. The second kappa shape index (κ2) is 10.0. The van der Waals surface area contributed by atoms with Gasteiger partial charge in [-0.1, -0.05) is 12.8 Å². The number of carbonyl (C=O) groups excluding carboxylic acids is 1. The molecule has 1 rings (SSSR count). The van der Waals surface area contributed by atoms with Crippen molar-refractivity contribution in [1.29, 1.82) is 0 Å². The molecule has 0 aliphatic carbocycles. The average molecular weight is 360 g/mol. The van der Waals surface area contributed by atoms with Crippen LogP contribution in [0, 0.1) is 0 Å². The molecule has 0 aliphatic rings. The van der Waals surface area contributed by atoms with Gasteiger partial charge in [0.2, 0.25) is 0 Å². The van der Waals surface area contributed by atoms with Gasteiger partial charge in [0.25, 0.3) is 5.91 Å². The number of carbonyl (C=O) groups is 1. The predicted octanol–water partition coefficient (Wildman–Crippen LogP) is 3.54. The smallest absolute Gasteiger partial charge is 0.255 e. The first-order valence-electron chi connectivity index (χ1n) is 6.79. The molecule has 4 nitrogen and oxygen atoms in total. The molecule has 1 heterocycles. The summed E-state index contributed by atoms with van der Waals surface area (Å²) in [6, 6.07) is 1.78. The molecule has 0 aliphatic heterocycles. The topological polar surface area (TPSA) is 54.0 Å². The fraction of sp³-hybridized carbons (Fsp3) is 0.571. The van der Waals surface area contributed by atoms with Crippen LogP contribution in [0.1, 0.15) is 36.0 Å². The summed E-state index contributed by atoms with van der Waals surface area (Å²) >= 11 is 5.22. The predicted molar refractivity (Wildman–Crippen MR) is 90.7 cm³/mol. The summed E-state index contributed by atoms with van der Waals surface area (Å²) in [4.78, 5) is 16.3. The molecule has 112 valence electrons. The van der Waals surface area contributed by atoms with Crippen LogP contribution in [0.5, 0.6) is 0 Å². The lowest BCUT2D eigenvalue weighted by atomic mass is 10.2. The van der Waals surface area contributed by atoms with Crippen LogP contribution in [-0.2, 0) is 0 Å². The van der Waals surface area contributed by atoms with E-state index >= 15 is 0 Å². The molecule has 2 N–H and O–H groups in total. The normalized spacial score (nSPS) is 10.3. The summed E-state index contributed by atoms with van der Waals surface area (Å²) in [6.07, 6.45) is 8.48. The third-order valence-electron chi connectivity index (χ3n) is 2.90. The summed E-state index contributed by atoms with van der Waals surface area (Å²) in [5.41, 5.74) is 0.573. The highest BCUT2D eigenvalue weighted by Gasteiger charge is 2.11. The van der Waals surface area contributed by atoms with Crippen molar-refractivity contribution in [3.8, 4) is 0 Å². The summed E-state index contributed by atoms with van der Waals surface area (Å²) in [5.74, 6) is 1.75. The Morgan fingerprint density at radius 2 is 2.10 bits per heavy atom. The van der Waals surface area contributed by atoms with E-state index in [1.165, 1.54) is 18.6 Å². The molecule has 0 radical (unpaired) electrons. The average Bonchev–Trinajstić information content (AvgIpc) is 2.46. The lowest BCUT2D eigenvalue weighted by molar-refractivity contribution is 0.0953. The van der Waals surface area contributed by atoms with Crippen molar-refractivity contribution in [2.45, 2.75) is 25.7 Å². The van der Waals surface area contributed by atoms with Crippen molar-refractivity contribution in [2.24, 2.45) is 0 Å². The van der Waals surface area contributed by atoms with Crippen LogP contribution in [-0.4, -0.2) is 36.5 Å². The second-order valence-electron chi connectivity index (χ2n) is 4.46. The monoisotopic (exact) mass is 359 g/mol. The molecule has 0 saturated heterocycles. The van der Waals surface area contributed by atoms with E-state index in [9.17, 15) is 4.79 Å². The van der Waals surface area contributed by atoms with Crippen molar-refractivity contribution in [3.63, 3.8) is 0 Å². The third kappa shape index (κ3) is 6.13. The van der Waals surface area contributed by atoms with Crippen molar-refractivity contribution in [1.82, 2.24) is 10.3 Å². The number of hydrogen-bond acceptors (Lipinski definition) is 4.